The van der Waals surface area contributed by atoms with E-state index in [4.69, 9.17) is 5.73 Å². The molecule has 0 aliphatic carbocycles. The van der Waals surface area contributed by atoms with Crippen LogP contribution >= 0.6 is 0 Å². The molecule has 0 atom stereocenters. The Bertz CT molecular complexity index is 1060. The lowest BCUT2D eigenvalue weighted by Gasteiger charge is -2.07. The molecule has 0 fully saturated rings. The first kappa shape index (κ1) is 15.9. The van der Waals surface area contributed by atoms with E-state index in [0.717, 1.165) is 11.1 Å². The van der Waals surface area contributed by atoms with Crippen LogP contribution in [0.4, 0.5) is 20.7 Å². The Morgan fingerprint density at radius 3 is 2.85 bits per heavy atom. The van der Waals surface area contributed by atoms with Crippen LogP contribution in [-0.4, -0.2) is 34.1 Å². The topological polar surface area (TPSA) is 112 Å². The number of aromatic nitrogens is 7. The van der Waals surface area contributed by atoms with Crippen molar-refractivity contribution in [3.8, 4) is 11.4 Å². The van der Waals surface area contributed by atoms with E-state index in [1.54, 1.807) is 12.5 Å². The number of alkyl halides is 2. The minimum atomic E-state index is -2.68. The molecule has 0 bridgehead atoms. The average Bonchev–Trinajstić information content (AvgIpc) is 3.28. The van der Waals surface area contributed by atoms with Crippen LogP contribution in [0.5, 0.6) is 0 Å². The van der Waals surface area contributed by atoms with Crippen LogP contribution in [0.1, 0.15) is 12.2 Å². The van der Waals surface area contributed by atoms with Gasteiger partial charge in [-0.3, -0.25) is 0 Å². The van der Waals surface area contributed by atoms with Gasteiger partial charge >= 0.3 is 6.55 Å². The van der Waals surface area contributed by atoms with Gasteiger partial charge in [0, 0.05) is 18.0 Å². The number of pyridine rings is 1. The normalized spacial score (nSPS) is 11.3. The first-order valence-electron chi connectivity index (χ1n) is 7.58. The molecule has 0 unspecified atom stereocenters. The number of nitrogens with zero attached hydrogens (tertiary/aromatic N) is 7. The monoisotopic (exact) mass is 357 g/mol. The lowest BCUT2D eigenvalue weighted by molar-refractivity contribution is 0.0562. The molecule has 132 valence electrons. The third kappa shape index (κ3) is 3.14. The Morgan fingerprint density at radius 1 is 1.15 bits per heavy atom. The number of hydrogen-bond donors (Lipinski definition) is 2. The van der Waals surface area contributed by atoms with Crippen molar-refractivity contribution in [3.63, 3.8) is 0 Å². The largest absolute Gasteiger partial charge is 0.368 e. The van der Waals surface area contributed by atoms with E-state index in [2.05, 4.69) is 30.4 Å². The molecule has 26 heavy (non-hydrogen) atoms. The Hall–Kier alpha value is -3.63. The molecule has 3 N–H and O–H groups in total. The lowest BCUT2D eigenvalue weighted by atomic mass is 10.2. The highest BCUT2D eigenvalue weighted by Gasteiger charge is 2.10. The molecule has 0 radical (unpaired) electrons. The van der Waals surface area contributed by atoms with Gasteiger partial charge in [0.25, 0.3) is 0 Å². The molecule has 0 aliphatic rings. The minimum absolute atomic E-state index is 0.0429. The van der Waals surface area contributed by atoms with Crippen LogP contribution in [0.15, 0.2) is 43.1 Å². The van der Waals surface area contributed by atoms with Crippen LogP contribution < -0.4 is 11.1 Å². The summed E-state index contributed by atoms with van der Waals surface area (Å²) in [5.41, 5.74) is 7.85. The van der Waals surface area contributed by atoms with Crippen LogP contribution in [0, 0.1) is 0 Å². The smallest absolute Gasteiger partial charge is 0.333 e. The molecule has 0 spiro atoms. The molecular formula is C15H13F2N9. The van der Waals surface area contributed by atoms with Crippen LogP contribution in [-0.2, 0) is 6.54 Å². The van der Waals surface area contributed by atoms with Crippen molar-refractivity contribution in [2.45, 2.75) is 13.1 Å². The Kier molecular flexibility index (Phi) is 3.88. The van der Waals surface area contributed by atoms with Crippen LogP contribution in [0.2, 0.25) is 0 Å². The number of rotatable bonds is 5. The highest BCUT2D eigenvalue weighted by atomic mass is 19.3. The maximum atomic E-state index is 12.5. The molecule has 9 nitrogen and oxygen atoms in total. The van der Waals surface area contributed by atoms with Gasteiger partial charge in [-0.25, -0.2) is 9.67 Å². The summed E-state index contributed by atoms with van der Waals surface area (Å²) in [5.74, 6) is 0.653. The molecule has 0 amide bonds. The molecule has 0 saturated heterocycles. The number of nitrogen functional groups attached to an aromatic ring is 1. The zero-order chi connectivity index (χ0) is 18.1. The van der Waals surface area contributed by atoms with Gasteiger partial charge < -0.3 is 15.5 Å². The summed E-state index contributed by atoms with van der Waals surface area (Å²) < 4.78 is 27.5. The standard InChI is InChI=1S/C15H13F2N9/c16-13(17)26-4-3-10(24-26)5-20-15-22-12(21-14(18)23-15)9-1-2-11-6-19-8-25(11)7-9/h1-4,6-8,13H,5H2,(H3,18,20,21,22,23). The summed E-state index contributed by atoms with van der Waals surface area (Å²) in [7, 11) is 0. The fraction of sp³-hybridized carbons (Fsp3) is 0.133. The van der Waals surface area contributed by atoms with E-state index in [1.807, 2.05) is 22.7 Å². The van der Waals surface area contributed by atoms with E-state index < -0.39 is 6.55 Å². The number of fused-ring (bicyclic) bond motifs is 1. The fourth-order valence-electron chi connectivity index (χ4n) is 2.40. The number of anilines is 2. The van der Waals surface area contributed by atoms with Crippen molar-refractivity contribution < 1.29 is 8.78 Å². The highest BCUT2D eigenvalue weighted by molar-refractivity contribution is 5.60. The molecule has 4 aromatic rings. The van der Waals surface area contributed by atoms with Gasteiger partial charge in [0.05, 0.1) is 30.3 Å². The maximum absolute atomic E-state index is 12.5. The molecule has 0 aromatic carbocycles. The summed E-state index contributed by atoms with van der Waals surface area (Å²) in [6.07, 6.45) is 6.43. The first-order chi connectivity index (χ1) is 12.6. The summed E-state index contributed by atoms with van der Waals surface area (Å²) >= 11 is 0. The number of imidazole rings is 1. The van der Waals surface area contributed by atoms with Crippen molar-refractivity contribution in [3.05, 3.63) is 48.8 Å². The van der Waals surface area contributed by atoms with Gasteiger partial charge in [0.1, 0.15) is 0 Å². The van der Waals surface area contributed by atoms with E-state index in [1.165, 1.54) is 12.3 Å². The Labute approximate surface area is 145 Å². The Balaban J connectivity index is 1.57. The van der Waals surface area contributed by atoms with Gasteiger partial charge in [-0.1, -0.05) is 0 Å². The van der Waals surface area contributed by atoms with Gasteiger partial charge in [0.2, 0.25) is 11.9 Å². The van der Waals surface area contributed by atoms with Gasteiger partial charge in [0.15, 0.2) is 5.82 Å². The van der Waals surface area contributed by atoms with E-state index in [-0.39, 0.29) is 18.4 Å². The lowest BCUT2D eigenvalue weighted by Crippen LogP contribution is -2.09. The van der Waals surface area contributed by atoms with Crippen molar-refractivity contribution in [1.82, 2.24) is 34.1 Å². The van der Waals surface area contributed by atoms with Gasteiger partial charge in [-0.05, 0) is 18.2 Å². The molecule has 4 rings (SSSR count). The third-order valence-corrected chi connectivity index (χ3v) is 3.61. The predicted molar refractivity (Wildman–Crippen MR) is 89.2 cm³/mol. The minimum Gasteiger partial charge on any atom is -0.368 e. The SMILES string of the molecule is Nc1nc(NCc2ccn(C(F)F)n2)nc(-c2ccc3cncn3c2)n1. The Morgan fingerprint density at radius 2 is 2.04 bits per heavy atom. The van der Waals surface area contributed by atoms with Crippen molar-refractivity contribution in [2.75, 3.05) is 11.1 Å². The maximum Gasteiger partial charge on any atom is 0.333 e. The van der Waals surface area contributed by atoms with Crippen molar-refractivity contribution in [2.24, 2.45) is 0 Å². The number of nitrogens with one attached hydrogen (secondary N) is 1. The summed E-state index contributed by atoms with van der Waals surface area (Å²) in [6, 6.07) is 5.21. The first-order valence-corrected chi connectivity index (χ1v) is 7.58. The number of halogens is 2. The number of nitrogens with two attached hydrogens (primary N) is 1. The second-order valence-corrected chi connectivity index (χ2v) is 5.40. The average molecular weight is 357 g/mol. The quantitative estimate of drug-likeness (QED) is 0.561. The molecular weight excluding hydrogens is 344 g/mol. The summed E-state index contributed by atoms with van der Waals surface area (Å²) in [6.45, 7) is -2.51. The van der Waals surface area contributed by atoms with Gasteiger partial charge in [-0.2, -0.15) is 28.8 Å². The van der Waals surface area contributed by atoms with Crippen molar-refractivity contribution >= 4 is 17.4 Å². The van der Waals surface area contributed by atoms with Gasteiger partial charge in [-0.15, -0.1) is 0 Å². The van der Waals surface area contributed by atoms with E-state index in [0.29, 0.717) is 16.2 Å². The zero-order valence-corrected chi connectivity index (χ0v) is 13.3. The molecule has 0 aliphatic heterocycles. The summed E-state index contributed by atoms with van der Waals surface area (Å²) in [4.78, 5) is 16.5. The van der Waals surface area contributed by atoms with Crippen LogP contribution in [0.3, 0.4) is 0 Å². The molecule has 4 aromatic heterocycles. The molecule has 0 saturated carbocycles. The molecule has 4 heterocycles. The highest BCUT2D eigenvalue weighted by Crippen LogP contribution is 2.18. The second-order valence-electron chi connectivity index (χ2n) is 5.40. The summed E-state index contributed by atoms with van der Waals surface area (Å²) in [5, 5.41) is 6.66. The van der Waals surface area contributed by atoms with E-state index in [9.17, 15) is 8.78 Å². The third-order valence-electron chi connectivity index (χ3n) is 3.61. The molecule has 11 heteroatoms. The number of hydrogen-bond acceptors (Lipinski definition) is 7. The van der Waals surface area contributed by atoms with Crippen molar-refractivity contribution in [1.29, 1.82) is 0 Å². The van der Waals surface area contributed by atoms with Crippen LogP contribution in [0.25, 0.3) is 16.9 Å². The second kappa shape index (κ2) is 6.35. The fourth-order valence-corrected chi connectivity index (χ4v) is 2.40. The van der Waals surface area contributed by atoms with E-state index >= 15 is 0 Å². The zero-order valence-electron chi connectivity index (χ0n) is 13.3. The predicted octanol–water partition coefficient (Wildman–Crippen LogP) is 1.97.